The number of hydrogen-bond acceptors (Lipinski definition) is 5. The molecule has 0 aromatic heterocycles. The van der Waals surface area contributed by atoms with E-state index in [1.165, 1.54) is 6.26 Å². The maximum Gasteiger partial charge on any atom is 0.194 e. The van der Waals surface area contributed by atoms with Crippen LogP contribution in [0.1, 0.15) is 26.2 Å². The standard InChI is InChI=1S/C18H32N4O3S.HI/c1-3-19-17(22-11-6-16(14-22)21-9-4-5-10-21)20-15-18(26(2,23)24)7-12-25-13-8-18;/h4-5,16H,3,6-15H2,1-2H3,(H,19,20);1H. The fourth-order valence-corrected chi connectivity index (χ4v) is 5.27. The summed E-state index contributed by atoms with van der Waals surface area (Å²) in [7, 11) is -3.20. The first-order valence-electron chi connectivity index (χ1n) is 9.65. The second-order valence-corrected chi connectivity index (χ2v) is 9.96. The third kappa shape index (κ3) is 5.36. The summed E-state index contributed by atoms with van der Waals surface area (Å²) >= 11 is 0. The fraction of sp³-hybridized carbons (Fsp3) is 0.833. The van der Waals surface area contributed by atoms with Gasteiger partial charge in [0, 0.05) is 58.2 Å². The van der Waals surface area contributed by atoms with Crippen LogP contribution < -0.4 is 5.32 Å². The summed E-state index contributed by atoms with van der Waals surface area (Å²) in [6, 6.07) is 0.542. The second kappa shape index (κ2) is 9.89. The molecule has 3 rings (SSSR count). The van der Waals surface area contributed by atoms with Crippen molar-refractivity contribution in [3.05, 3.63) is 12.2 Å². The van der Waals surface area contributed by atoms with E-state index in [4.69, 9.17) is 9.73 Å². The van der Waals surface area contributed by atoms with E-state index in [0.717, 1.165) is 45.1 Å². The van der Waals surface area contributed by atoms with Gasteiger partial charge in [0.2, 0.25) is 0 Å². The molecule has 27 heavy (non-hydrogen) atoms. The number of hydrogen-bond donors (Lipinski definition) is 1. The number of ether oxygens (including phenoxy) is 1. The number of sulfone groups is 1. The SMILES string of the molecule is CCNC(=NCC1(S(C)(=O)=O)CCOCC1)N1CCC(N2CC=CC2)C1.I. The highest BCUT2D eigenvalue weighted by Gasteiger charge is 2.42. The van der Waals surface area contributed by atoms with Gasteiger partial charge >= 0.3 is 0 Å². The molecule has 156 valence electrons. The van der Waals surface area contributed by atoms with E-state index in [0.29, 0.717) is 38.6 Å². The minimum absolute atomic E-state index is 0. The molecule has 9 heteroatoms. The number of likely N-dealkylation sites (tertiary alicyclic amines) is 1. The molecule has 7 nitrogen and oxygen atoms in total. The predicted molar refractivity (Wildman–Crippen MR) is 120 cm³/mol. The maximum atomic E-state index is 12.5. The lowest BCUT2D eigenvalue weighted by molar-refractivity contribution is 0.0767. The average molecular weight is 512 g/mol. The first kappa shape index (κ1) is 22.9. The highest BCUT2D eigenvalue weighted by molar-refractivity contribution is 14.0. The molecule has 2 saturated heterocycles. The van der Waals surface area contributed by atoms with Crippen LogP contribution in [0.5, 0.6) is 0 Å². The first-order chi connectivity index (χ1) is 12.5. The summed E-state index contributed by atoms with van der Waals surface area (Å²) in [6.07, 6.45) is 7.96. The zero-order valence-electron chi connectivity index (χ0n) is 16.4. The van der Waals surface area contributed by atoms with Gasteiger partial charge in [-0.15, -0.1) is 24.0 Å². The van der Waals surface area contributed by atoms with Crippen LogP contribution >= 0.6 is 24.0 Å². The second-order valence-electron chi connectivity index (χ2n) is 7.55. The van der Waals surface area contributed by atoms with E-state index in [2.05, 4.69) is 27.3 Å². The predicted octanol–water partition coefficient (Wildman–Crippen LogP) is 1.11. The van der Waals surface area contributed by atoms with Crippen LogP contribution in [0.25, 0.3) is 0 Å². The Kier molecular flexibility index (Phi) is 8.38. The van der Waals surface area contributed by atoms with Crippen molar-refractivity contribution in [3.63, 3.8) is 0 Å². The highest BCUT2D eigenvalue weighted by atomic mass is 127. The van der Waals surface area contributed by atoms with Crippen LogP contribution in [0.4, 0.5) is 0 Å². The Hall–Kier alpha value is -0.390. The molecule has 3 heterocycles. The Morgan fingerprint density at radius 1 is 1.30 bits per heavy atom. The summed E-state index contributed by atoms with van der Waals surface area (Å²) < 4.78 is 29.5. The van der Waals surface area contributed by atoms with E-state index in [1.807, 2.05) is 6.92 Å². The number of nitrogens with zero attached hydrogens (tertiary/aromatic N) is 3. The lowest BCUT2D eigenvalue weighted by Crippen LogP contribution is -2.48. The fourth-order valence-electron chi connectivity index (χ4n) is 4.06. The van der Waals surface area contributed by atoms with Gasteiger partial charge in [0.15, 0.2) is 15.8 Å². The molecule has 0 aromatic rings. The van der Waals surface area contributed by atoms with E-state index < -0.39 is 14.6 Å². The molecule has 0 saturated carbocycles. The van der Waals surface area contributed by atoms with Crippen LogP contribution in [-0.2, 0) is 14.6 Å². The smallest absolute Gasteiger partial charge is 0.194 e. The van der Waals surface area contributed by atoms with Gasteiger partial charge in [0.05, 0.1) is 11.3 Å². The average Bonchev–Trinajstić information content (AvgIpc) is 3.29. The summed E-state index contributed by atoms with van der Waals surface area (Å²) in [5.74, 6) is 0.844. The summed E-state index contributed by atoms with van der Waals surface area (Å²) in [4.78, 5) is 9.55. The normalized spacial score (nSPS) is 26.2. The lowest BCUT2D eigenvalue weighted by atomic mass is 9.99. The first-order valence-corrected chi connectivity index (χ1v) is 11.5. The Morgan fingerprint density at radius 2 is 1.96 bits per heavy atom. The van der Waals surface area contributed by atoms with Gasteiger partial charge in [-0.05, 0) is 26.2 Å². The number of nitrogens with one attached hydrogen (secondary N) is 1. The van der Waals surface area contributed by atoms with Gasteiger partial charge in [-0.25, -0.2) is 8.42 Å². The quantitative estimate of drug-likeness (QED) is 0.258. The van der Waals surface area contributed by atoms with Gasteiger partial charge < -0.3 is 15.0 Å². The minimum Gasteiger partial charge on any atom is -0.381 e. The van der Waals surface area contributed by atoms with Gasteiger partial charge in [0.25, 0.3) is 0 Å². The van der Waals surface area contributed by atoms with Crippen LogP contribution in [-0.4, -0.2) is 93.7 Å². The third-order valence-electron chi connectivity index (χ3n) is 5.87. The zero-order valence-corrected chi connectivity index (χ0v) is 19.5. The van der Waals surface area contributed by atoms with Gasteiger partial charge in [-0.2, -0.15) is 0 Å². The van der Waals surface area contributed by atoms with Crippen molar-refractivity contribution in [1.29, 1.82) is 0 Å². The van der Waals surface area contributed by atoms with Crippen molar-refractivity contribution >= 4 is 39.8 Å². The largest absolute Gasteiger partial charge is 0.381 e. The van der Waals surface area contributed by atoms with Crippen LogP contribution in [0.3, 0.4) is 0 Å². The Morgan fingerprint density at radius 3 is 2.56 bits per heavy atom. The minimum atomic E-state index is -3.20. The Balaban J connectivity index is 0.00000261. The number of aliphatic imine (C=N–C) groups is 1. The molecule has 1 N–H and O–H groups in total. The van der Waals surface area contributed by atoms with E-state index in [1.54, 1.807) is 0 Å². The molecule has 0 amide bonds. The molecular formula is C18H33IN4O3S. The third-order valence-corrected chi connectivity index (χ3v) is 7.98. The van der Waals surface area contributed by atoms with Crippen molar-refractivity contribution in [2.45, 2.75) is 37.0 Å². The zero-order chi connectivity index (χ0) is 18.6. The van der Waals surface area contributed by atoms with Crippen molar-refractivity contribution in [2.24, 2.45) is 4.99 Å². The van der Waals surface area contributed by atoms with Gasteiger partial charge in [-0.3, -0.25) is 9.89 Å². The summed E-state index contributed by atoms with van der Waals surface area (Å²) in [5, 5.41) is 3.36. The van der Waals surface area contributed by atoms with Crippen molar-refractivity contribution in [3.8, 4) is 0 Å². The van der Waals surface area contributed by atoms with Crippen LogP contribution in [0.15, 0.2) is 17.1 Å². The summed E-state index contributed by atoms with van der Waals surface area (Å²) in [5.41, 5.74) is 0. The molecule has 2 fully saturated rings. The van der Waals surface area contributed by atoms with E-state index >= 15 is 0 Å². The molecule has 0 radical (unpaired) electrons. The molecule has 1 unspecified atom stereocenters. The van der Waals surface area contributed by atoms with Gasteiger partial charge in [-0.1, -0.05) is 12.2 Å². The highest BCUT2D eigenvalue weighted by Crippen LogP contribution is 2.30. The van der Waals surface area contributed by atoms with Crippen molar-refractivity contribution < 1.29 is 13.2 Å². The molecule has 3 aliphatic heterocycles. The molecular weight excluding hydrogens is 479 g/mol. The summed E-state index contributed by atoms with van der Waals surface area (Å²) in [6.45, 7) is 8.09. The van der Waals surface area contributed by atoms with Crippen LogP contribution in [0.2, 0.25) is 0 Å². The van der Waals surface area contributed by atoms with E-state index in [-0.39, 0.29) is 24.0 Å². The molecule has 1 atom stereocenters. The molecule has 0 spiro atoms. The van der Waals surface area contributed by atoms with Gasteiger partial charge in [0.1, 0.15) is 0 Å². The van der Waals surface area contributed by atoms with E-state index in [9.17, 15) is 8.42 Å². The topological polar surface area (TPSA) is 74.2 Å². The van der Waals surface area contributed by atoms with Crippen molar-refractivity contribution in [2.75, 3.05) is 58.7 Å². The van der Waals surface area contributed by atoms with Crippen molar-refractivity contribution in [1.82, 2.24) is 15.1 Å². The van der Waals surface area contributed by atoms with Crippen LogP contribution in [0, 0.1) is 0 Å². The number of rotatable bonds is 5. The maximum absolute atomic E-state index is 12.5. The molecule has 3 aliphatic rings. The monoisotopic (exact) mass is 512 g/mol. The molecule has 0 aliphatic carbocycles. The number of guanidine groups is 1. The number of halogens is 1. The Labute approximate surface area is 180 Å². The molecule has 0 bridgehead atoms. The Bertz CT molecular complexity index is 639. The molecule has 0 aromatic carbocycles. The lowest BCUT2D eigenvalue weighted by Gasteiger charge is -2.34.